The molecule has 2 heteroatoms. The third kappa shape index (κ3) is 3.71. The molecular weight excluding hydrogens is 220 g/mol. The van der Waals surface area contributed by atoms with Crippen LogP contribution in [0.5, 0.6) is 0 Å². The van der Waals surface area contributed by atoms with Crippen LogP contribution in [-0.2, 0) is 0 Å². The smallest absolute Gasteiger partial charge is 0.0328 e. The Morgan fingerprint density at radius 2 is 1.78 bits per heavy atom. The Balaban J connectivity index is 2.59. The molecular formula is C16H34N2. The summed E-state index contributed by atoms with van der Waals surface area (Å²) in [6.45, 7) is 11.4. The first kappa shape index (κ1) is 16.0. The van der Waals surface area contributed by atoms with E-state index in [2.05, 4.69) is 39.6 Å². The number of nitrogens with zero attached hydrogens (tertiary/aromatic N) is 1. The standard InChI is InChI=1S/C16H34N2/c1-6-7-12-18(5)16(13-17)10-8-14(9-11-16)15(2,3)4/h14H,6-13,17H2,1-5H3. The van der Waals surface area contributed by atoms with Gasteiger partial charge in [-0.05, 0) is 57.0 Å². The maximum absolute atomic E-state index is 6.12. The van der Waals surface area contributed by atoms with Crippen LogP contribution in [0, 0.1) is 11.3 Å². The van der Waals surface area contributed by atoms with Gasteiger partial charge in [0, 0.05) is 12.1 Å². The third-order valence-corrected chi connectivity index (χ3v) is 5.18. The molecule has 0 heterocycles. The normalized spacial score (nSPS) is 29.8. The number of unbranched alkanes of at least 4 members (excludes halogenated alkanes) is 1. The van der Waals surface area contributed by atoms with Gasteiger partial charge in [0.2, 0.25) is 0 Å². The summed E-state index contributed by atoms with van der Waals surface area (Å²) in [6.07, 6.45) is 7.82. The second-order valence-electron chi connectivity index (χ2n) is 7.34. The maximum Gasteiger partial charge on any atom is 0.0328 e. The Hall–Kier alpha value is -0.0800. The first-order valence-electron chi connectivity index (χ1n) is 7.77. The van der Waals surface area contributed by atoms with E-state index < -0.39 is 0 Å². The van der Waals surface area contributed by atoms with E-state index in [1.54, 1.807) is 0 Å². The van der Waals surface area contributed by atoms with Gasteiger partial charge in [0.25, 0.3) is 0 Å². The largest absolute Gasteiger partial charge is 0.329 e. The van der Waals surface area contributed by atoms with Crippen LogP contribution in [0.15, 0.2) is 0 Å². The first-order chi connectivity index (χ1) is 8.35. The SMILES string of the molecule is CCCCN(C)C1(CN)CCC(C(C)(C)C)CC1. The summed E-state index contributed by atoms with van der Waals surface area (Å²) in [5.41, 5.74) is 6.87. The number of hydrogen-bond donors (Lipinski definition) is 1. The second-order valence-corrected chi connectivity index (χ2v) is 7.34. The highest BCUT2D eigenvalue weighted by Crippen LogP contribution is 2.43. The first-order valence-corrected chi connectivity index (χ1v) is 7.77. The molecule has 1 aliphatic rings. The number of nitrogens with two attached hydrogens (primary N) is 1. The minimum absolute atomic E-state index is 0.289. The number of hydrogen-bond acceptors (Lipinski definition) is 2. The van der Waals surface area contributed by atoms with E-state index >= 15 is 0 Å². The molecule has 0 atom stereocenters. The summed E-state index contributed by atoms with van der Waals surface area (Å²) in [6, 6.07) is 0. The van der Waals surface area contributed by atoms with Gasteiger partial charge in [0.15, 0.2) is 0 Å². The molecule has 0 spiro atoms. The van der Waals surface area contributed by atoms with E-state index in [-0.39, 0.29) is 5.54 Å². The Kier molecular flexibility index (Phi) is 5.67. The van der Waals surface area contributed by atoms with Crippen molar-refractivity contribution < 1.29 is 0 Å². The monoisotopic (exact) mass is 254 g/mol. The van der Waals surface area contributed by atoms with Crippen molar-refractivity contribution in [2.24, 2.45) is 17.1 Å². The Bertz CT molecular complexity index is 234. The minimum Gasteiger partial charge on any atom is -0.329 e. The van der Waals surface area contributed by atoms with E-state index in [1.807, 2.05) is 0 Å². The van der Waals surface area contributed by atoms with Gasteiger partial charge in [-0.2, -0.15) is 0 Å². The molecule has 1 aliphatic carbocycles. The van der Waals surface area contributed by atoms with Gasteiger partial charge >= 0.3 is 0 Å². The summed E-state index contributed by atoms with van der Waals surface area (Å²) >= 11 is 0. The van der Waals surface area contributed by atoms with Crippen molar-refractivity contribution in [2.75, 3.05) is 20.1 Å². The summed E-state index contributed by atoms with van der Waals surface area (Å²) in [5, 5.41) is 0. The predicted molar refractivity (Wildman–Crippen MR) is 80.7 cm³/mol. The molecule has 18 heavy (non-hydrogen) atoms. The average Bonchev–Trinajstić information content (AvgIpc) is 2.34. The average molecular weight is 254 g/mol. The lowest BCUT2D eigenvalue weighted by atomic mass is 9.67. The van der Waals surface area contributed by atoms with Crippen molar-refractivity contribution in [3.8, 4) is 0 Å². The van der Waals surface area contributed by atoms with Gasteiger partial charge in [0.05, 0.1) is 0 Å². The van der Waals surface area contributed by atoms with E-state index in [4.69, 9.17) is 5.73 Å². The predicted octanol–water partition coefficient (Wildman–Crippen LogP) is 3.65. The number of likely N-dealkylation sites (N-methyl/N-ethyl adjacent to an activating group) is 1. The van der Waals surface area contributed by atoms with Crippen LogP contribution in [-0.4, -0.2) is 30.6 Å². The van der Waals surface area contributed by atoms with Gasteiger partial charge in [-0.1, -0.05) is 34.1 Å². The van der Waals surface area contributed by atoms with Gasteiger partial charge in [-0.3, -0.25) is 4.90 Å². The van der Waals surface area contributed by atoms with Crippen molar-refractivity contribution in [1.29, 1.82) is 0 Å². The molecule has 1 saturated carbocycles. The van der Waals surface area contributed by atoms with Crippen molar-refractivity contribution in [1.82, 2.24) is 4.90 Å². The van der Waals surface area contributed by atoms with Crippen molar-refractivity contribution in [3.63, 3.8) is 0 Å². The van der Waals surface area contributed by atoms with E-state index in [1.165, 1.54) is 45.1 Å². The fraction of sp³-hybridized carbons (Fsp3) is 1.00. The zero-order valence-corrected chi connectivity index (χ0v) is 13.3. The van der Waals surface area contributed by atoms with Crippen LogP contribution >= 0.6 is 0 Å². The molecule has 0 aliphatic heterocycles. The third-order valence-electron chi connectivity index (χ3n) is 5.18. The van der Waals surface area contributed by atoms with Gasteiger partial charge < -0.3 is 5.73 Å². The molecule has 2 nitrogen and oxygen atoms in total. The summed E-state index contributed by atoms with van der Waals surface area (Å²) in [4.78, 5) is 2.55. The van der Waals surface area contributed by atoms with Crippen LogP contribution in [0.3, 0.4) is 0 Å². The Morgan fingerprint density at radius 1 is 1.22 bits per heavy atom. The van der Waals surface area contributed by atoms with Gasteiger partial charge in [-0.25, -0.2) is 0 Å². The van der Waals surface area contributed by atoms with E-state index in [0.29, 0.717) is 5.41 Å². The summed E-state index contributed by atoms with van der Waals surface area (Å²) in [7, 11) is 2.28. The fourth-order valence-corrected chi connectivity index (χ4v) is 3.40. The van der Waals surface area contributed by atoms with Crippen molar-refractivity contribution in [3.05, 3.63) is 0 Å². The molecule has 0 saturated heterocycles. The minimum atomic E-state index is 0.289. The van der Waals surface area contributed by atoms with Crippen LogP contribution in [0.4, 0.5) is 0 Å². The topological polar surface area (TPSA) is 29.3 Å². The van der Waals surface area contributed by atoms with E-state index in [0.717, 1.165) is 12.5 Å². The fourth-order valence-electron chi connectivity index (χ4n) is 3.40. The lowest BCUT2D eigenvalue weighted by Crippen LogP contribution is -2.55. The zero-order valence-electron chi connectivity index (χ0n) is 13.3. The molecule has 2 N–H and O–H groups in total. The molecule has 1 rings (SSSR count). The Morgan fingerprint density at radius 3 is 2.17 bits per heavy atom. The van der Waals surface area contributed by atoms with Gasteiger partial charge in [0.1, 0.15) is 0 Å². The van der Waals surface area contributed by atoms with Crippen LogP contribution < -0.4 is 5.73 Å². The van der Waals surface area contributed by atoms with Crippen LogP contribution in [0.25, 0.3) is 0 Å². The quantitative estimate of drug-likeness (QED) is 0.811. The molecule has 0 unspecified atom stereocenters. The molecule has 0 aromatic heterocycles. The molecule has 0 amide bonds. The van der Waals surface area contributed by atoms with Crippen molar-refractivity contribution in [2.45, 2.75) is 71.8 Å². The zero-order chi connectivity index (χ0) is 13.8. The summed E-state index contributed by atoms with van der Waals surface area (Å²) in [5.74, 6) is 0.872. The molecule has 0 bridgehead atoms. The summed E-state index contributed by atoms with van der Waals surface area (Å²) < 4.78 is 0. The molecule has 108 valence electrons. The van der Waals surface area contributed by atoms with Crippen LogP contribution in [0.1, 0.15) is 66.2 Å². The highest BCUT2D eigenvalue weighted by atomic mass is 15.2. The molecule has 1 fully saturated rings. The highest BCUT2D eigenvalue weighted by molar-refractivity contribution is 4.96. The van der Waals surface area contributed by atoms with Gasteiger partial charge in [-0.15, -0.1) is 0 Å². The second kappa shape index (κ2) is 6.38. The lowest BCUT2D eigenvalue weighted by Gasteiger charge is -2.48. The van der Waals surface area contributed by atoms with Crippen LogP contribution in [0.2, 0.25) is 0 Å². The Labute approximate surface area is 114 Å². The van der Waals surface area contributed by atoms with Crippen molar-refractivity contribution >= 4 is 0 Å². The molecule has 0 aromatic carbocycles. The van der Waals surface area contributed by atoms with E-state index in [9.17, 15) is 0 Å². The maximum atomic E-state index is 6.12. The number of rotatable bonds is 5. The molecule has 0 radical (unpaired) electrons. The lowest BCUT2D eigenvalue weighted by molar-refractivity contribution is 0.0375. The highest BCUT2D eigenvalue weighted by Gasteiger charge is 2.40. The molecule has 0 aromatic rings.